The van der Waals surface area contributed by atoms with E-state index in [-0.39, 0.29) is 0 Å². The smallest absolute Gasteiger partial charge is 0.149 e. The van der Waals surface area contributed by atoms with Gasteiger partial charge in [-0.05, 0) is 43.5 Å². The van der Waals surface area contributed by atoms with Crippen molar-refractivity contribution >= 4 is 24.5 Å². The highest BCUT2D eigenvalue weighted by molar-refractivity contribution is 5.82. The Morgan fingerprint density at radius 2 is 1.18 bits per heavy atom. The molecule has 0 N–H and O–H groups in total. The third kappa shape index (κ3) is 13.9. The Hall–Kier alpha value is -3.01. The maximum absolute atomic E-state index is 5.64. The predicted molar refractivity (Wildman–Crippen MR) is 163 cm³/mol. The van der Waals surface area contributed by atoms with Crippen molar-refractivity contribution in [1.29, 1.82) is 0 Å². The zero-order valence-electron chi connectivity index (χ0n) is 24.1. The summed E-state index contributed by atoms with van der Waals surface area (Å²) in [7, 11) is 0. The summed E-state index contributed by atoms with van der Waals surface area (Å²) < 4.78 is 16.8. The average Bonchev–Trinajstić information content (AvgIpc) is 2.98. The number of hydrogen-bond donors (Lipinski definition) is 0. The molecule has 4 bridgehead atoms. The van der Waals surface area contributed by atoms with Gasteiger partial charge in [-0.15, -0.1) is 0 Å². The molecule has 0 saturated carbocycles. The van der Waals surface area contributed by atoms with Gasteiger partial charge in [-0.2, -0.15) is 5.10 Å². The monoisotopic (exact) mass is 550 g/mol. The van der Waals surface area contributed by atoms with Gasteiger partial charge in [0.25, 0.3) is 0 Å². The summed E-state index contributed by atoms with van der Waals surface area (Å²) in [6.07, 6.45) is 14.4. The van der Waals surface area contributed by atoms with Crippen molar-refractivity contribution < 1.29 is 14.2 Å². The number of aliphatic imine (C=N–C) groups is 2. The van der Waals surface area contributed by atoms with Gasteiger partial charge in [0.2, 0.25) is 0 Å². The van der Waals surface area contributed by atoms with E-state index in [1.807, 2.05) is 53.8 Å². The molecule has 1 aliphatic heterocycles. The third-order valence-corrected chi connectivity index (χ3v) is 6.21. The summed E-state index contributed by atoms with van der Waals surface area (Å²) in [6, 6.07) is 11.9. The second kappa shape index (κ2) is 20.8. The number of nitrogens with zero attached hydrogens (tertiary/aromatic N) is 6. The summed E-state index contributed by atoms with van der Waals surface area (Å²) >= 11 is 0. The van der Waals surface area contributed by atoms with Crippen molar-refractivity contribution in [2.45, 2.75) is 58.3 Å². The number of hydrogen-bond acceptors (Lipinski definition) is 9. The first-order valence-corrected chi connectivity index (χ1v) is 14.8. The van der Waals surface area contributed by atoms with Crippen LogP contribution in [0.4, 0.5) is 5.82 Å². The number of unbranched alkanes of at least 4 members (excludes halogenated alkanes) is 5. The van der Waals surface area contributed by atoms with Crippen molar-refractivity contribution in [2.75, 3.05) is 64.3 Å². The lowest BCUT2D eigenvalue weighted by molar-refractivity contribution is 0.0143. The van der Waals surface area contributed by atoms with E-state index in [0.717, 1.165) is 48.7 Å². The number of pyridine rings is 2. The molecule has 0 aromatic carbocycles. The molecule has 0 atom stereocenters. The van der Waals surface area contributed by atoms with Gasteiger partial charge in [0, 0.05) is 45.3 Å². The van der Waals surface area contributed by atoms with Crippen LogP contribution < -0.4 is 5.01 Å². The van der Waals surface area contributed by atoms with Crippen molar-refractivity contribution in [1.82, 2.24) is 9.97 Å². The first-order chi connectivity index (χ1) is 19.8. The highest BCUT2D eigenvalue weighted by atomic mass is 16.5. The molecule has 0 saturated heterocycles. The molecule has 3 heterocycles. The van der Waals surface area contributed by atoms with Crippen molar-refractivity contribution in [3.8, 4) is 0 Å². The van der Waals surface area contributed by atoms with E-state index in [1.54, 1.807) is 6.21 Å². The first kappa shape index (κ1) is 31.5. The van der Waals surface area contributed by atoms with Crippen LogP contribution >= 0.6 is 0 Å². The van der Waals surface area contributed by atoms with Gasteiger partial charge in [0.05, 0.1) is 49.7 Å². The molecule has 9 heteroatoms. The minimum atomic E-state index is 0.567. The Morgan fingerprint density at radius 3 is 1.85 bits per heavy atom. The molecule has 3 rings (SSSR count). The zero-order valence-corrected chi connectivity index (χ0v) is 24.1. The molecule has 0 spiro atoms. The van der Waals surface area contributed by atoms with Crippen LogP contribution in [0.25, 0.3) is 0 Å². The van der Waals surface area contributed by atoms with Crippen molar-refractivity contribution in [2.24, 2.45) is 15.1 Å². The number of anilines is 1. The lowest BCUT2D eigenvalue weighted by Gasteiger charge is -2.18. The number of fused-ring (bicyclic) bond motifs is 4. The minimum absolute atomic E-state index is 0.567. The maximum Gasteiger partial charge on any atom is 0.149 e. The molecule has 0 unspecified atom stereocenters. The van der Waals surface area contributed by atoms with E-state index in [0.29, 0.717) is 52.7 Å². The third-order valence-electron chi connectivity index (χ3n) is 6.21. The second-order valence-electron chi connectivity index (χ2n) is 9.66. The van der Waals surface area contributed by atoms with Crippen LogP contribution in [0.1, 0.15) is 75.4 Å². The number of hydrazone groups is 1. The maximum atomic E-state index is 5.64. The zero-order chi connectivity index (χ0) is 27.9. The number of rotatable bonds is 7. The van der Waals surface area contributed by atoms with Gasteiger partial charge >= 0.3 is 0 Å². The molecule has 0 amide bonds. The first-order valence-electron chi connectivity index (χ1n) is 14.8. The lowest BCUT2D eigenvalue weighted by atomic mass is 10.1. The van der Waals surface area contributed by atoms with Gasteiger partial charge in [-0.1, -0.05) is 51.2 Å². The fourth-order valence-corrected chi connectivity index (χ4v) is 4.04. The minimum Gasteiger partial charge on any atom is -0.379 e. The normalized spacial score (nSPS) is 17.5. The largest absolute Gasteiger partial charge is 0.379 e. The molecule has 2 aromatic heterocycles. The SMILES string of the molecule is CCCCCCCCN1/N=C/c2cccc(n2)C=NCCCOCCOCCOCCCN=Cc2cccc1n2. The molecule has 0 radical (unpaired) electrons. The quantitative estimate of drug-likeness (QED) is 0.431. The molecule has 0 aliphatic carbocycles. The van der Waals surface area contributed by atoms with Crippen molar-refractivity contribution in [3.63, 3.8) is 0 Å². The molecule has 2 aromatic rings. The Labute approximate surface area is 239 Å². The average molecular weight is 551 g/mol. The highest BCUT2D eigenvalue weighted by Gasteiger charge is 2.07. The second-order valence-corrected chi connectivity index (χ2v) is 9.66. The highest BCUT2D eigenvalue weighted by Crippen LogP contribution is 2.14. The van der Waals surface area contributed by atoms with Gasteiger partial charge < -0.3 is 14.2 Å². The lowest BCUT2D eigenvalue weighted by Crippen LogP contribution is -2.20. The molecule has 1 aliphatic rings. The molecular formula is C31H46N6O3. The van der Waals surface area contributed by atoms with Crippen LogP contribution in [-0.2, 0) is 14.2 Å². The summed E-state index contributed by atoms with van der Waals surface area (Å²) in [5.41, 5.74) is 2.40. The van der Waals surface area contributed by atoms with E-state index < -0.39 is 0 Å². The van der Waals surface area contributed by atoms with E-state index in [9.17, 15) is 0 Å². The standard InChI is InChI=1S/C31H46N6O3/c1-2-3-4-5-6-7-18-37-31-15-9-14-29(36-31)26-33-17-11-20-39-22-24-40-23-21-38-19-10-16-32-25-28-12-8-13-30(35-28)27-34-37/h8-9,12-15,25-27H,2-7,10-11,16-24H2,1H3/b32-25?,33-26?,34-27+. The number of aromatic nitrogens is 2. The predicted octanol–water partition coefficient (Wildman–Crippen LogP) is 5.36. The molecule has 40 heavy (non-hydrogen) atoms. The Kier molecular flexibility index (Phi) is 16.4. The number of ether oxygens (including phenoxy) is 3. The molecular weight excluding hydrogens is 504 g/mol. The van der Waals surface area contributed by atoms with Crippen LogP contribution in [0.5, 0.6) is 0 Å². The molecule has 9 nitrogen and oxygen atoms in total. The summed E-state index contributed by atoms with van der Waals surface area (Å²) in [6.45, 7) is 8.00. The fraction of sp³-hybridized carbons (Fsp3) is 0.581. The fourth-order valence-electron chi connectivity index (χ4n) is 4.04. The Bertz CT molecular complexity index is 1030. The van der Waals surface area contributed by atoms with E-state index >= 15 is 0 Å². The van der Waals surface area contributed by atoms with Crippen molar-refractivity contribution in [3.05, 3.63) is 53.5 Å². The summed E-state index contributed by atoms with van der Waals surface area (Å²) in [5.74, 6) is 0.804. The van der Waals surface area contributed by atoms with Crippen LogP contribution in [0.3, 0.4) is 0 Å². The van der Waals surface area contributed by atoms with Crippen LogP contribution in [0.2, 0.25) is 0 Å². The van der Waals surface area contributed by atoms with E-state index in [4.69, 9.17) is 29.3 Å². The Balaban J connectivity index is 1.70. The van der Waals surface area contributed by atoms with Crippen LogP contribution in [-0.4, -0.2) is 87.9 Å². The van der Waals surface area contributed by atoms with Crippen LogP contribution in [0, 0.1) is 0 Å². The van der Waals surface area contributed by atoms with Gasteiger partial charge in [-0.25, -0.2) is 15.0 Å². The summed E-state index contributed by atoms with van der Waals surface area (Å²) in [4.78, 5) is 18.6. The molecule has 218 valence electrons. The van der Waals surface area contributed by atoms with Gasteiger partial charge in [0.15, 0.2) is 0 Å². The van der Waals surface area contributed by atoms with Gasteiger partial charge in [0.1, 0.15) is 5.82 Å². The topological polar surface area (TPSA) is 93.8 Å². The van der Waals surface area contributed by atoms with E-state index in [2.05, 4.69) is 16.9 Å². The van der Waals surface area contributed by atoms with Crippen LogP contribution in [0.15, 0.2) is 51.5 Å². The van der Waals surface area contributed by atoms with E-state index in [1.165, 1.54) is 32.1 Å². The molecule has 0 fully saturated rings. The summed E-state index contributed by atoms with van der Waals surface area (Å²) in [5, 5.41) is 6.78. The Morgan fingerprint density at radius 1 is 0.625 bits per heavy atom. The van der Waals surface area contributed by atoms with Gasteiger partial charge in [-0.3, -0.25) is 9.98 Å².